The lowest BCUT2D eigenvalue weighted by Gasteiger charge is -2.43. The number of hydrogen-bond acceptors (Lipinski definition) is 13. The second kappa shape index (κ2) is 19.2. The van der Waals surface area contributed by atoms with Gasteiger partial charge in [0.25, 0.3) is 11.8 Å². The topological polar surface area (TPSA) is 199 Å². The van der Waals surface area contributed by atoms with Crippen LogP contribution in [-0.2, 0) is 19.2 Å². The van der Waals surface area contributed by atoms with Crippen LogP contribution in [0.1, 0.15) is 66.2 Å². The van der Waals surface area contributed by atoms with E-state index >= 15 is 4.39 Å². The summed E-state index contributed by atoms with van der Waals surface area (Å²) >= 11 is 0. The molecule has 70 heavy (non-hydrogen) atoms. The molecule has 0 radical (unpaired) electrons. The van der Waals surface area contributed by atoms with Gasteiger partial charge in [0.05, 0.1) is 22.3 Å². The minimum absolute atomic E-state index is 0.0494. The Morgan fingerprint density at radius 1 is 0.814 bits per heavy atom. The molecule has 0 spiro atoms. The number of amides is 6. The number of nitrogens with zero attached hydrogens (tertiary/aromatic N) is 6. The number of benzene rings is 3. The first-order valence-electron chi connectivity index (χ1n) is 23.8. The zero-order chi connectivity index (χ0) is 48.7. The summed E-state index contributed by atoms with van der Waals surface area (Å²) in [5.74, 6) is -2.27. The molecule has 5 aromatic rings. The molecule has 2 aromatic heterocycles. The second-order valence-electron chi connectivity index (χ2n) is 18.7. The Bertz CT molecular complexity index is 2880. The van der Waals surface area contributed by atoms with Gasteiger partial charge in [-0.05, 0) is 118 Å². The Balaban J connectivity index is 0.682. The number of rotatable bonds is 14. The van der Waals surface area contributed by atoms with Crippen LogP contribution >= 0.6 is 0 Å². The van der Waals surface area contributed by atoms with Gasteiger partial charge in [-0.1, -0.05) is 0 Å². The maximum Gasteiger partial charge on any atom is 0.266 e. The molecular weight excluding hydrogens is 903 g/mol. The lowest BCUT2D eigenvalue weighted by atomic mass is 9.88. The molecule has 1 aliphatic carbocycles. The first-order chi connectivity index (χ1) is 33.8. The van der Waals surface area contributed by atoms with Crippen LogP contribution in [0, 0.1) is 23.0 Å². The third-order valence-corrected chi connectivity index (χ3v) is 14.5. The number of anilines is 4. The Labute approximate surface area is 401 Å². The Morgan fingerprint density at radius 2 is 1.49 bits per heavy atom. The van der Waals surface area contributed by atoms with Crippen LogP contribution in [0.4, 0.5) is 31.7 Å². The van der Waals surface area contributed by atoms with Crippen LogP contribution in [-0.4, -0.2) is 125 Å². The zero-order valence-corrected chi connectivity index (χ0v) is 38.5. The molecule has 1 unspecified atom stereocenters. The lowest BCUT2D eigenvalue weighted by Crippen LogP contribution is -2.54. The van der Waals surface area contributed by atoms with Gasteiger partial charge in [-0.15, -0.1) is 0 Å². The van der Waals surface area contributed by atoms with E-state index in [0.29, 0.717) is 96.3 Å². The van der Waals surface area contributed by atoms with E-state index in [1.54, 1.807) is 42.6 Å². The Hall–Kier alpha value is -7.38. The minimum atomic E-state index is -1.20. The highest BCUT2D eigenvalue weighted by Gasteiger charge is 2.56. The van der Waals surface area contributed by atoms with Crippen molar-refractivity contribution >= 4 is 69.2 Å². The number of imide groups is 2. The first-order valence-corrected chi connectivity index (χ1v) is 23.8. The van der Waals surface area contributed by atoms with Crippen molar-refractivity contribution in [1.29, 1.82) is 0 Å². The summed E-state index contributed by atoms with van der Waals surface area (Å²) in [5.41, 5.74) is 1.12. The predicted octanol–water partition coefficient (Wildman–Crippen LogP) is 5.79. The molecule has 6 amide bonds. The van der Waals surface area contributed by atoms with Gasteiger partial charge in [0.1, 0.15) is 40.4 Å². The van der Waals surface area contributed by atoms with Gasteiger partial charge in [-0.3, -0.25) is 53.8 Å². The predicted molar refractivity (Wildman–Crippen MR) is 255 cm³/mol. The van der Waals surface area contributed by atoms with Gasteiger partial charge in [-0.2, -0.15) is 0 Å². The highest BCUT2D eigenvalue weighted by atomic mass is 19.1. The zero-order valence-electron chi connectivity index (χ0n) is 38.5. The number of fused-ring (bicyclic) bond motifs is 2. The third-order valence-electron chi connectivity index (χ3n) is 14.5. The number of carbonyl (C=O) groups excluding carboxylic acids is 6. The van der Waals surface area contributed by atoms with Crippen molar-refractivity contribution in [3.63, 3.8) is 0 Å². The molecule has 1 saturated carbocycles. The van der Waals surface area contributed by atoms with Gasteiger partial charge in [0.2, 0.25) is 23.6 Å². The van der Waals surface area contributed by atoms with Crippen LogP contribution in [0.3, 0.4) is 0 Å². The van der Waals surface area contributed by atoms with Crippen molar-refractivity contribution in [3.05, 3.63) is 108 Å². The smallest absolute Gasteiger partial charge is 0.266 e. The maximum atomic E-state index is 16.0. The summed E-state index contributed by atoms with van der Waals surface area (Å²) < 4.78 is 35.5. The number of ether oxygens (including phenoxy) is 1. The maximum absolute atomic E-state index is 16.0. The molecule has 2 atom stereocenters. The fourth-order valence-electron chi connectivity index (χ4n) is 10.1. The lowest BCUT2D eigenvalue weighted by molar-refractivity contribution is -0.136. The Kier molecular flexibility index (Phi) is 12.7. The number of nitrogens with one attached hydrogen (secondary N) is 4. The number of piperazine rings is 1. The molecule has 10 rings (SSSR count). The van der Waals surface area contributed by atoms with E-state index in [9.17, 15) is 33.2 Å². The first kappa shape index (κ1) is 46.4. The van der Waals surface area contributed by atoms with Crippen molar-refractivity contribution in [1.82, 2.24) is 30.0 Å². The molecule has 4 fully saturated rings. The largest absolute Gasteiger partial charge is 0.457 e. The van der Waals surface area contributed by atoms with Crippen LogP contribution in [0.25, 0.3) is 10.9 Å². The average molecular weight is 955 g/mol. The van der Waals surface area contributed by atoms with Crippen LogP contribution in [0.2, 0.25) is 0 Å². The molecule has 6 heterocycles. The molecular formula is C51H52F2N10O7. The van der Waals surface area contributed by atoms with Crippen molar-refractivity contribution in [3.8, 4) is 11.5 Å². The minimum Gasteiger partial charge on any atom is -0.457 e. The molecule has 3 aromatic carbocycles. The van der Waals surface area contributed by atoms with E-state index in [1.807, 2.05) is 0 Å². The fourth-order valence-corrected chi connectivity index (χ4v) is 10.1. The van der Waals surface area contributed by atoms with Crippen molar-refractivity contribution in [2.45, 2.75) is 57.5 Å². The van der Waals surface area contributed by atoms with Crippen molar-refractivity contribution in [2.24, 2.45) is 11.3 Å². The molecule has 17 nitrogen and oxygen atoms in total. The van der Waals surface area contributed by atoms with Gasteiger partial charge in [-0.25, -0.2) is 13.8 Å². The highest BCUT2D eigenvalue weighted by Crippen LogP contribution is 2.48. The highest BCUT2D eigenvalue weighted by molar-refractivity contribution is 6.25. The monoisotopic (exact) mass is 954 g/mol. The average Bonchev–Trinajstić information content (AvgIpc) is 4.14. The van der Waals surface area contributed by atoms with Crippen LogP contribution < -0.4 is 30.9 Å². The van der Waals surface area contributed by atoms with E-state index in [0.717, 1.165) is 43.9 Å². The quantitative estimate of drug-likeness (QED) is 0.0771. The van der Waals surface area contributed by atoms with Crippen LogP contribution in [0.15, 0.2) is 85.2 Å². The molecule has 362 valence electrons. The van der Waals surface area contributed by atoms with Gasteiger partial charge >= 0.3 is 0 Å². The van der Waals surface area contributed by atoms with Gasteiger partial charge < -0.3 is 25.6 Å². The van der Waals surface area contributed by atoms with Crippen LogP contribution in [0.5, 0.6) is 11.5 Å². The summed E-state index contributed by atoms with van der Waals surface area (Å²) in [6, 6.07) is 17.8. The summed E-state index contributed by atoms with van der Waals surface area (Å²) in [4.78, 5) is 93.8. The standard InChI is InChI=1S/C51H52F2N10O7/c1-30(61-26-24-60(25-27-61)23-20-56-45-44-36(12-18-55-45)47(66)63(48(44)67)40-10-11-43(64)59-46(40)65)31-14-21-62(22-15-31)41-29-39-37(28-38(41)53)42(13-19-54-39)70-35-8-6-34(7-9-35)58-50(69)51(16-17-51)49(68)57-33-4-2-32(52)3-5-33/h2-9,12-13,18-19,28-31,40H,10-11,14-17,20-27H2,1H3,(H,55,56)(H,57,68)(H,58,69)(H,59,64,65)/t30-,40?/m0/s1. The molecule has 19 heteroatoms. The number of halogens is 2. The third kappa shape index (κ3) is 9.25. The molecule has 5 aliphatic rings. The van der Waals surface area contributed by atoms with Gasteiger partial charge in [0.15, 0.2) is 0 Å². The van der Waals surface area contributed by atoms with E-state index in [1.165, 1.54) is 42.6 Å². The van der Waals surface area contributed by atoms with Crippen molar-refractivity contribution < 1.29 is 42.3 Å². The summed E-state index contributed by atoms with van der Waals surface area (Å²) in [6.07, 6.45) is 5.85. The van der Waals surface area contributed by atoms with E-state index in [4.69, 9.17) is 4.74 Å². The van der Waals surface area contributed by atoms with E-state index < -0.39 is 52.7 Å². The second-order valence-corrected chi connectivity index (χ2v) is 18.7. The SMILES string of the molecule is C[C@@H](C1CCN(c2cc3nccc(Oc4ccc(NC(=O)C5(C(=O)Nc6ccc(F)cc6)CC5)cc4)c3cc2F)CC1)N1CCN(CCNc2nccc3c2C(=O)N(C2CCC(=O)NC2=O)C3=O)CC1. The molecule has 3 saturated heterocycles. The summed E-state index contributed by atoms with van der Waals surface area (Å²) in [5, 5.41) is 11.5. The Morgan fingerprint density at radius 3 is 2.16 bits per heavy atom. The number of piperidine rings is 2. The molecule has 0 bridgehead atoms. The molecule has 4 aliphatic heterocycles. The van der Waals surface area contributed by atoms with Crippen molar-refractivity contribution in [2.75, 3.05) is 73.2 Å². The van der Waals surface area contributed by atoms with E-state index in [2.05, 4.69) is 52.9 Å². The normalized spacial score (nSPS) is 20.0. The number of carbonyl (C=O) groups is 6. The van der Waals surface area contributed by atoms with Gasteiger partial charge in [0, 0.05) is 94.0 Å². The number of aromatic nitrogens is 2. The van der Waals surface area contributed by atoms with E-state index in [-0.39, 0.29) is 29.8 Å². The number of hydrogen-bond donors (Lipinski definition) is 4. The summed E-state index contributed by atoms with van der Waals surface area (Å²) in [7, 11) is 0. The number of pyridine rings is 2. The summed E-state index contributed by atoms with van der Waals surface area (Å²) in [6.45, 7) is 8.41. The molecule has 4 N–H and O–H groups in total. The fraction of sp³-hybridized carbons (Fsp3) is 0.373.